The van der Waals surface area contributed by atoms with Crippen molar-refractivity contribution in [3.05, 3.63) is 115 Å². The Morgan fingerprint density at radius 2 is 1.50 bits per heavy atom. The third kappa shape index (κ3) is 5.50. The molecule has 0 radical (unpaired) electrons. The molecule has 0 saturated heterocycles. The summed E-state index contributed by atoms with van der Waals surface area (Å²) < 4.78 is 5.32. The molecule has 8 nitrogen and oxygen atoms in total. The number of nitrogens with zero attached hydrogens (tertiary/aromatic N) is 3. The number of hydrogen-bond acceptors (Lipinski definition) is 5. The zero-order valence-electron chi connectivity index (χ0n) is 21.3. The molecule has 40 heavy (non-hydrogen) atoms. The number of thiazole rings is 1. The van der Waals surface area contributed by atoms with Crippen LogP contribution >= 0.6 is 47.4 Å². The first-order valence-corrected chi connectivity index (χ1v) is 14.1. The van der Waals surface area contributed by atoms with Crippen molar-refractivity contribution in [2.24, 2.45) is 7.05 Å². The zero-order chi connectivity index (χ0) is 28.4. The lowest BCUT2D eigenvalue weighted by atomic mass is 10.3. The average Bonchev–Trinajstić information content (AvgIpc) is 3.38. The van der Waals surface area contributed by atoms with E-state index in [-0.39, 0.29) is 21.2 Å². The summed E-state index contributed by atoms with van der Waals surface area (Å²) in [6, 6.07) is 25.7. The Bertz CT molecular complexity index is 1820. The summed E-state index contributed by atoms with van der Waals surface area (Å²) in [4.78, 5) is 27.4. The van der Waals surface area contributed by atoms with Crippen molar-refractivity contribution in [3.63, 3.8) is 0 Å². The van der Waals surface area contributed by atoms with E-state index in [9.17, 15) is 9.59 Å². The third-order valence-corrected chi connectivity index (χ3v) is 7.99. The maximum absolute atomic E-state index is 13.7. The third-order valence-electron chi connectivity index (χ3n) is 6.16. The van der Waals surface area contributed by atoms with Gasteiger partial charge in [0.15, 0.2) is 9.07 Å². The van der Waals surface area contributed by atoms with Crippen LogP contribution in [0.1, 0.15) is 15.4 Å². The Labute approximate surface area is 249 Å². The van der Waals surface area contributed by atoms with Gasteiger partial charge in [-0.05, 0) is 79.9 Å². The highest BCUT2D eigenvalue weighted by atomic mass is 35.5. The molecule has 2 aromatic heterocycles. The monoisotopic (exact) mass is 606 g/mol. The van der Waals surface area contributed by atoms with Gasteiger partial charge in [-0.15, -0.1) is 0 Å². The van der Waals surface area contributed by atoms with Crippen LogP contribution in [0.4, 0.5) is 17.2 Å². The van der Waals surface area contributed by atoms with Crippen LogP contribution in [0.5, 0.6) is 0 Å². The van der Waals surface area contributed by atoms with Crippen molar-refractivity contribution in [2.75, 3.05) is 16.0 Å². The predicted molar refractivity (Wildman–Crippen MR) is 169 cm³/mol. The normalized spacial score (nSPS) is 10.8. The quantitative estimate of drug-likeness (QED) is 0.185. The lowest BCUT2D eigenvalue weighted by Gasteiger charge is -2.15. The number of aromatic nitrogens is 3. The van der Waals surface area contributed by atoms with Gasteiger partial charge in [-0.25, -0.2) is 4.68 Å². The van der Waals surface area contributed by atoms with E-state index in [1.54, 1.807) is 47.5 Å². The van der Waals surface area contributed by atoms with Gasteiger partial charge < -0.3 is 16.0 Å². The molecule has 0 saturated carbocycles. The molecular weight excluding hydrogens is 584 g/mol. The Hall–Kier alpha value is -4.03. The Kier molecular flexibility index (Phi) is 7.99. The van der Waals surface area contributed by atoms with E-state index in [0.29, 0.717) is 31.9 Å². The number of thiocarbonyl (C=S) groups is 1. The summed E-state index contributed by atoms with van der Waals surface area (Å²) in [6.45, 7) is 1.77. The van der Waals surface area contributed by atoms with Gasteiger partial charge in [0, 0.05) is 23.4 Å². The van der Waals surface area contributed by atoms with E-state index in [4.69, 9.17) is 36.0 Å². The molecule has 0 fully saturated rings. The number of nitrogens with one attached hydrogen (secondary N) is 3. The van der Waals surface area contributed by atoms with Crippen LogP contribution in [-0.2, 0) is 7.05 Å². The highest BCUT2D eigenvalue weighted by molar-refractivity contribution is 7.80. The Balaban J connectivity index is 1.54. The summed E-state index contributed by atoms with van der Waals surface area (Å²) in [7, 11) is 1.76. The van der Waals surface area contributed by atoms with Gasteiger partial charge >= 0.3 is 0 Å². The van der Waals surface area contributed by atoms with E-state index in [0.717, 1.165) is 17.0 Å². The summed E-state index contributed by atoms with van der Waals surface area (Å²) in [5.74, 6) is -0.139. The fourth-order valence-electron chi connectivity index (χ4n) is 4.14. The minimum Gasteiger partial charge on any atom is -0.332 e. The van der Waals surface area contributed by atoms with Crippen LogP contribution < -0.4 is 21.5 Å². The molecule has 1 amide bonds. The van der Waals surface area contributed by atoms with Gasteiger partial charge in [0.1, 0.15) is 16.4 Å². The van der Waals surface area contributed by atoms with Crippen molar-refractivity contribution >= 4 is 75.6 Å². The Morgan fingerprint density at radius 3 is 2.15 bits per heavy atom. The molecular formula is C28H23ClN6O2S3. The van der Waals surface area contributed by atoms with E-state index in [1.165, 1.54) is 4.68 Å². The lowest BCUT2D eigenvalue weighted by molar-refractivity contribution is 0.103. The van der Waals surface area contributed by atoms with Crippen LogP contribution in [0, 0.1) is 10.9 Å². The first-order chi connectivity index (χ1) is 19.2. The van der Waals surface area contributed by atoms with Crippen molar-refractivity contribution in [2.45, 2.75) is 6.92 Å². The molecule has 12 heteroatoms. The number of hydrogen-bond donors (Lipinski definition) is 3. The number of anilines is 3. The molecule has 0 aliphatic heterocycles. The van der Waals surface area contributed by atoms with Crippen molar-refractivity contribution < 1.29 is 4.79 Å². The van der Waals surface area contributed by atoms with E-state index in [2.05, 4.69) is 16.0 Å². The van der Waals surface area contributed by atoms with Crippen molar-refractivity contribution in [1.29, 1.82) is 0 Å². The summed E-state index contributed by atoms with van der Waals surface area (Å²) >= 11 is 18.5. The van der Waals surface area contributed by atoms with Gasteiger partial charge in [0.2, 0.25) is 0 Å². The second kappa shape index (κ2) is 11.6. The fourth-order valence-corrected chi connectivity index (χ4v) is 5.77. The minimum absolute atomic E-state index is 0.171. The maximum atomic E-state index is 13.7. The van der Waals surface area contributed by atoms with Crippen molar-refractivity contribution in [1.82, 2.24) is 13.9 Å². The highest BCUT2D eigenvalue weighted by Crippen LogP contribution is 2.31. The number of amides is 1. The van der Waals surface area contributed by atoms with E-state index in [1.807, 2.05) is 60.7 Å². The first-order valence-electron chi connectivity index (χ1n) is 12.0. The smallest absolute Gasteiger partial charge is 0.295 e. The summed E-state index contributed by atoms with van der Waals surface area (Å²) in [6.07, 6.45) is 0. The molecule has 0 aliphatic rings. The molecule has 3 N–H and O–H groups in total. The topological polar surface area (TPSA) is 85.0 Å². The lowest BCUT2D eigenvalue weighted by Crippen LogP contribution is -2.25. The van der Waals surface area contributed by atoms with E-state index >= 15 is 0 Å². The number of halogens is 1. The summed E-state index contributed by atoms with van der Waals surface area (Å²) in [5.41, 5.74) is 2.57. The van der Waals surface area contributed by atoms with Gasteiger partial charge in [0.25, 0.3) is 11.5 Å². The molecule has 0 unspecified atom stereocenters. The van der Waals surface area contributed by atoms with Gasteiger partial charge in [-0.1, -0.05) is 59.3 Å². The number of rotatable bonds is 6. The molecule has 5 rings (SSSR count). The minimum atomic E-state index is -0.500. The molecule has 0 spiro atoms. The maximum Gasteiger partial charge on any atom is 0.295 e. The number of para-hydroxylation sites is 2. The second-order valence-electron chi connectivity index (χ2n) is 8.69. The van der Waals surface area contributed by atoms with Gasteiger partial charge in [0.05, 0.1) is 11.4 Å². The molecule has 0 atom stereocenters. The number of carbonyl (C=O) groups excluding carboxylic acids is 1. The summed E-state index contributed by atoms with van der Waals surface area (Å²) in [5, 5.41) is 9.91. The molecule has 2 heterocycles. The zero-order valence-corrected chi connectivity index (χ0v) is 24.5. The van der Waals surface area contributed by atoms with Crippen LogP contribution in [0.15, 0.2) is 89.7 Å². The van der Waals surface area contributed by atoms with Crippen LogP contribution in [0.25, 0.3) is 11.4 Å². The van der Waals surface area contributed by atoms with Crippen LogP contribution in [0.3, 0.4) is 0 Å². The molecule has 0 aliphatic carbocycles. The number of carbonyl (C=O) groups is 1. The van der Waals surface area contributed by atoms with Crippen LogP contribution in [0.2, 0.25) is 5.02 Å². The SMILES string of the molecule is Cc1c(NC(=O)c2sc(=S)n(-c3ccc(Cl)cc3)c2NC(=S)Nc2ccccc2)c(=O)n(-c2ccccc2)n1C. The van der Waals surface area contributed by atoms with E-state index < -0.39 is 5.91 Å². The average molecular weight is 607 g/mol. The molecule has 3 aromatic carbocycles. The molecule has 0 bridgehead atoms. The Morgan fingerprint density at radius 1 is 0.875 bits per heavy atom. The first kappa shape index (κ1) is 27.5. The van der Waals surface area contributed by atoms with Crippen molar-refractivity contribution in [3.8, 4) is 11.4 Å². The highest BCUT2D eigenvalue weighted by Gasteiger charge is 2.25. The number of benzene rings is 3. The second-order valence-corrected chi connectivity index (χ2v) is 11.2. The largest absolute Gasteiger partial charge is 0.332 e. The molecule has 202 valence electrons. The fraction of sp³-hybridized carbons (Fsp3) is 0.0714. The molecule has 5 aromatic rings. The predicted octanol–water partition coefficient (Wildman–Crippen LogP) is 6.78. The van der Waals surface area contributed by atoms with Gasteiger partial charge in [-0.2, -0.15) is 0 Å². The van der Waals surface area contributed by atoms with Crippen LogP contribution in [-0.4, -0.2) is 25.0 Å². The standard InChI is InChI=1S/C28H23ClN6O2S3/c1-17-22(26(37)35(33(17)2)21-11-7-4-8-12-21)31-25(36)23-24(32-27(38)30-19-9-5-3-6-10-19)34(28(39)40-23)20-15-13-18(29)14-16-20/h3-16H,1-2H3,(H,31,36)(H2,30,32,38). The van der Waals surface area contributed by atoms with Gasteiger partial charge in [-0.3, -0.25) is 18.8 Å².